The zero-order valence-electron chi connectivity index (χ0n) is 26.0. The Balaban J connectivity index is 1.20. The van der Waals surface area contributed by atoms with E-state index in [-0.39, 0.29) is 42.8 Å². The Labute approximate surface area is 266 Å². The quantitative estimate of drug-likeness (QED) is 0.0833. The number of aryl methyl sites for hydroxylation is 3. The summed E-state index contributed by atoms with van der Waals surface area (Å²) in [4.78, 5) is 24.0. The number of nitro benzene ring substituents is 1. The van der Waals surface area contributed by atoms with Crippen LogP contribution in [0.4, 0.5) is 5.69 Å². The molecule has 2 aromatic heterocycles. The van der Waals surface area contributed by atoms with Crippen LogP contribution in [-0.4, -0.2) is 28.2 Å². The van der Waals surface area contributed by atoms with Gasteiger partial charge in [-0.1, -0.05) is 29.8 Å². The van der Waals surface area contributed by atoms with Crippen molar-refractivity contribution in [1.29, 1.82) is 0 Å². The number of carbonyl (C=O) groups excluding carboxylic acids is 1. The van der Waals surface area contributed by atoms with Crippen LogP contribution in [0, 0.1) is 30.9 Å². The van der Waals surface area contributed by atoms with Gasteiger partial charge >= 0.3 is 11.6 Å². The zero-order chi connectivity index (χ0) is 32.6. The van der Waals surface area contributed by atoms with Crippen molar-refractivity contribution in [1.82, 2.24) is 9.99 Å². The second kappa shape index (κ2) is 14.3. The van der Waals surface area contributed by atoms with Crippen LogP contribution < -0.4 is 19.6 Å². The minimum atomic E-state index is -0.595. The largest absolute Gasteiger partial charge is 0.490 e. The number of nitro groups is 1. The monoisotopic (exact) mass is 622 g/mol. The summed E-state index contributed by atoms with van der Waals surface area (Å²) in [5, 5.41) is 15.9. The number of rotatable bonds is 13. The standard InChI is InChI=1S/C35H34N4O7/c1-5-43-33-19-27(18-31(39(41)42)34(33)45-21-26-10-6-23(2)7-11-26)20-36-37-35(40)32-17-16-30(46-32)22-44-29-14-12-28(13-15-29)38-24(3)8-9-25(38)4/h6-20H,5,21-22H2,1-4H3,(H,37,40)/b36-20+. The predicted molar refractivity (Wildman–Crippen MR) is 173 cm³/mol. The third-order valence-electron chi connectivity index (χ3n) is 7.07. The van der Waals surface area contributed by atoms with Crippen molar-refractivity contribution < 1.29 is 28.3 Å². The molecule has 236 valence electrons. The van der Waals surface area contributed by atoms with Gasteiger partial charge in [-0.05, 0) is 87.9 Å². The average molecular weight is 623 g/mol. The number of hydrogen-bond acceptors (Lipinski definition) is 8. The van der Waals surface area contributed by atoms with Crippen molar-refractivity contribution >= 4 is 17.8 Å². The molecule has 2 heterocycles. The van der Waals surface area contributed by atoms with Crippen LogP contribution in [0.2, 0.25) is 0 Å². The van der Waals surface area contributed by atoms with Crippen molar-refractivity contribution in [2.45, 2.75) is 40.9 Å². The van der Waals surface area contributed by atoms with Crippen molar-refractivity contribution in [3.8, 4) is 22.9 Å². The van der Waals surface area contributed by atoms with Gasteiger partial charge in [0.15, 0.2) is 11.5 Å². The topological polar surface area (TPSA) is 130 Å². The summed E-state index contributed by atoms with van der Waals surface area (Å²) in [5.74, 6) is 0.754. The lowest BCUT2D eigenvalue weighted by Gasteiger charge is -2.13. The minimum absolute atomic E-state index is 0.0148. The maximum absolute atomic E-state index is 12.7. The highest BCUT2D eigenvalue weighted by atomic mass is 16.6. The number of hydrazone groups is 1. The van der Waals surface area contributed by atoms with Gasteiger partial charge in [0.25, 0.3) is 0 Å². The summed E-state index contributed by atoms with van der Waals surface area (Å²) in [7, 11) is 0. The lowest BCUT2D eigenvalue weighted by molar-refractivity contribution is -0.386. The van der Waals surface area contributed by atoms with Gasteiger partial charge in [0, 0.05) is 28.7 Å². The van der Waals surface area contributed by atoms with Crippen LogP contribution in [0.1, 0.15) is 51.3 Å². The number of hydrogen-bond donors (Lipinski definition) is 1. The van der Waals surface area contributed by atoms with E-state index in [2.05, 4.69) is 41.1 Å². The number of carbonyl (C=O) groups is 1. The molecule has 11 heteroatoms. The summed E-state index contributed by atoms with van der Waals surface area (Å²) in [6, 6.07) is 25.5. The molecule has 5 aromatic rings. The molecule has 0 spiro atoms. The molecule has 0 atom stereocenters. The second-order valence-corrected chi connectivity index (χ2v) is 10.5. The Morgan fingerprint density at radius 1 is 0.913 bits per heavy atom. The lowest BCUT2D eigenvalue weighted by atomic mass is 10.1. The molecule has 0 fully saturated rings. The third-order valence-corrected chi connectivity index (χ3v) is 7.07. The van der Waals surface area contributed by atoms with Crippen molar-refractivity contribution in [3.63, 3.8) is 0 Å². The van der Waals surface area contributed by atoms with E-state index in [1.165, 1.54) is 18.3 Å². The predicted octanol–water partition coefficient (Wildman–Crippen LogP) is 7.22. The van der Waals surface area contributed by atoms with Gasteiger partial charge in [-0.3, -0.25) is 14.9 Å². The van der Waals surface area contributed by atoms with Crippen LogP contribution in [0.5, 0.6) is 17.2 Å². The molecule has 1 amide bonds. The number of amides is 1. The molecule has 0 aliphatic rings. The Bertz CT molecular complexity index is 1840. The average Bonchev–Trinajstić information content (AvgIpc) is 3.66. The molecule has 0 saturated heterocycles. The maximum Gasteiger partial charge on any atom is 0.315 e. The van der Waals surface area contributed by atoms with Crippen molar-refractivity contribution in [2.75, 3.05) is 6.61 Å². The van der Waals surface area contributed by atoms with E-state index in [9.17, 15) is 14.9 Å². The first-order valence-electron chi connectivity index (χ1n) is 14.7. The Morgan fingerprint density at radius 3 is 2.30 bits per heavy atom. The number of benzene rings is 3. The van der Waals surface area contributed by atoms with E-state index < -0.39 is 10.8 Å². The van der Waals surface area contributed by atoms with E-state index in [1.54, 1.807) is 19.1 Å². The highest BCUT2D eigenvalue weighted by Crippen LogP contribution is 2.39. The molecular weight excluding hydrogens is 588 g/mol. The molecule has 0 aliphatic heterocycles. The molecule has 0 aliphatic carbocycles. The van der Waals surface area contributed by atoms with Crippen LogP contribution in [0.3, 0.4) is 0 Å². The smallest absolute Gasteiger partial charge is 0.315 e. The third kappa shape index (κ3) is 7.62. The molecule has 3 aromatic carbocycles. The number of furan rings is 1. The first-order chi connectivity index (χ1) is 22.2. The van der Waals surface area contributed by atoms with Gasteiger partial charge in [0.05, 0.1) is 17.7 Å². The van der Waals surface area contributed by atoms with Gasteiger partial charge in [0.2, 0.25) is 5.75 Å². The fourth-order valence-corrected chi connectivity index (χ4v) is 4.79. The highest BCUT2D eigenvalue weighted by Gasteiger charge is 2.23. The number of aromatic nitrogens is 1. The Hall–Kier alpha value is -5.84. The van der Waals surface area contributed by atoms with Crippen molar-refractivity contribution in [3.05, 3.63) is 135 Å². The zero-order valence-corrected chi connectivity index (χ0v) is 26.0. The number of nitrogens with one attached hydrogen (secondary N) is 1. The highest BCUT2D eigenvalue weighted by molar-refractivity contribution is 5.92. The van der Waals surface area contributed by atoms with E-state index in [1.807, 2.05) is 55.5 Å². The molecule has 0 radical (unpaired) electrons. The van der Waals surface area contributed by atoms with E-state index >= 15 is 0 Å². The summed E-state index contributed by atoms with van der Waals surface area (Å²) in [6.07, 6.45) is 1.28. The molecule has 5 rings (SSSR count). The Kier molecular flexibility index (Phi) is 9.81. The van der Waals surface area contributed by atoms with Gasteiger partial charge in [-0.15, -0.1) is 0 Å². The normalized spacial score (nSPS) is 11.0. The van der Waals surface area contributed by atoms with Crippen LogP contribution in [0.15, 0.2) is 94.4 Å². The van der Waals surface area contributed by atoms with Crippen LogP contribution in [-0.2, 0) is 13.2 Å². The fraction of sp³-hybridized carbons (Fsp3) is 0.200. The lowest BCUT2D eigenvalue weighted by Crippen LogP contribution is -2.16. The number of nitrogens with zero attached hydrogens (tertiary/aromatic N) is 3. The maximum atomic E-state index is 12.7. The van der Waals surface area contributed by atoms with Gasteiger partial charge in [-0.25, -0.2) is 5.43 Å². The SMILES string of the molecule is CCOc1cc(/C=N/NC(=O)c2ccc(COc3ccc(-n4c(C)ccc4C)cc3)o2)cc([N+](=O)[O-])c1OCc1ccc(C)cc1. The molecule has 1 N–H and O–H groups in total. The first-order valence-corrected chi connectivity index (χ1v) is 14.7. The summed E-state index contributed by atoms with van der Waals surface area (Å²) in [6.45, 7) is 8.36. The number of ether oxygens (including phenoxy) is 3. The molecule has 46 heavy (non-hydrogen) atoms. The summed E-state index contributed by atoms with van der Waals surface area (Å²) >= 11 is 0. The second-order valence-electron chi connectivity index (χ2n) is 10.5. The molecule has 11 nitrogen and oxygen atoms in total. The van der Waals surface area contributed by atoms with Crippen molar-refractivity contribution in [2.24, 2.45) is 5.10 Å². The van der Waals surface area contributed by atoms with Gasteiger partial charge < -0.3 is 23.2 Å². The molecule has 0 unspecified atom stereocenters. The molecule has 0 bridgehead atoms. The van der Waals surface area contributed by atoms with Crippen LogP contribution in [0.25, 0.3) is 5.69 Å². The summed E-state index contributed by atoms with van der Waals surface area (Å²) < 4.78 is 25.1. The Morgan fingerprint density at radius 2 is 1.63 bits per heavy atom. The molecular formula is C35H34N4O7. The summed E-state index contributed by atoms with van der Waals surface area (Å²) in [5.41, 5.74) is 7.71. The first kappa shape index (κ1) is 31.6. The van der Waals surface area contributed by atoms with Gasteiger partial charge in [-0.2, -0.15) is 5.10 Å². The molecule has 0 saturated carbocycles. The van der Waals surface area contributed by atoms with Crippen LogP contribution >= 0.6 is 0 Å². The minimum Gasteiger partial charge on any atom is -0.490 e. The fourth-order valence-electron chi connectivity index (χ4n) is 4.79. The van der Waals surface area contributed by atoms with E-state index in [0.717, 1.165) is 28.2 Å². The van der Waals surface area contributed by atoms with Gasteiger partial charge in [0.1, 0.15) is 24.7 Å². The van der Waals surface area contributed by atoms with E-state index in [4.69, 9.17) is 18.6 Å². The van der Waals surface area contributed by atoms with E-state index in [0.29, 0.717) is 17.1 Å².